The minimum atomic E-state index is 0. The van der Waals surface area contributed by atoms with Crippen LogP contribution in [0, 0.1) is 12.8 Å². The third-order valence-corrected chi connectivity index (χ3v) is 5.00. The number of rotatable bonds is 8. The summed E-state index contributed by atoms with van der Waals surface area (Å²) in [4.78, 5) is 14.8. The molecule has 0 radical (unpaired) electrons. The molecule has 0 N–H and O–H groups in total. The number of halogens is 1. The molecule has 0 unspecified atom stereocenters. The summed E-state index contributed by atoms with van der Waals surface area (Å²) in [5, 5.41) is 0. The van der Waals surface area contributed by atoms with Gasteiger partial charge in [-0.15, -0.1) is 12.4 Å². The Kier molecular flexibility index (Phi) is 9.50. The monoisotopic (exact) mass is 337 g/mol. The van der Waals surface area contributed by atoms with Crippen LogP contribution in [0.3, 0.4) is 0 Å². The maximum atomic E-state index is 12.3. The summed E-state index contributed by atoms with van der Waals surface area (Å²) in [5.74, 6) is 1.25. The van der Waals surface area contributed by atoms with Crippen molar-refractivity contribution in [3.8, 4) is 0 Å². The third-order valence-electron chi connectivity index (χ3n) is 5.00. The zero-order valence-corrected chi connectivity index (χ0v) is 15.5. The number of aryl methyl sites for hydroxylation is 1. The molecule has 0 saturated carbocycles. The van der Waals surface area contributed by atoms with E-state index in [0.717, 1.165) is 30.0 Å². The van der Waals surface area contributed by atoms with Crippen molar-refractivity contribution in [3.63, 3.8) is 0 Å². The molecule has 0 bridgehead atoms. The van der Waals surface area contributed by atoms with Crippen LogP contribution in [-0.4, -0.2) is 30.3 Å². The molecular weight excluding hydrogens is 306 g/mol. The first kappa shape index (κ1) is 20.2. The topological polar surface area (TPSA) is 20.3 Å². The van der Waals surface area contributed by atoms with Crippen LogP contribution in [-0.2, 0) is 0 Å². The molecule has 2 nitrogen and oxygen atoms in total. The predicted molar refractivity (Wildman–Crippen MR) is 101 cm³/mol. The van der Waals surface area contributed by atoms with Gasteiger partial charge in [0.05, 0.1) is 0 Å². The minimum absolute atomic E-state index is 0. The van der Waals surface area contributed by atoms with Gasteiger partial charge in [-0.25, -0.2) is 0 Å². The van der Waals surface area contributed by atoms with Crippen LogP contribution in [0.25, 0.3) is 0 Å². The van der Waals surface area contributed by atoms with Gasteiger partial charge in [-0.3, -0.25) is 4.79 Å². The Bertz CT molecular complexity index is 466. The van der Waals surface area contributed by atoms with Crippen molar-refractivity contribution in [2.45, 2.75) is 58.8 Å². The molecular formula is C20H32ClNO. The maximum Gasteiger partial charge on any atom is 0.163 e. The van der Waals surface area contributed by atoms with E-state index in [1.54, 1.807) is 0 Å². The summed E-state index contributed by atoms with van der Waals surface area (Å²) < 4.78 is 0. The van der Waals surface area contributed by atoms with Crippen LogP contribution >= 0.6 is 12.4 Å². The smallest absolute Gasteiger partial charge is 0.163 e. The maximum absolute atomic E-state index is 12.3. The Morgan fingerprint density at radius 1 is 1.17 bits per heavy atom. The molecule has 1 aromatic carbocycles. The number of Topliss-reactive ketones (excluding diaryl/α,β-unsaturated/α-hetero) is 1. The number of hydrogen-bond acceptors (Lipinski definition) is 2. The number of likely N-dealkylation sites (tertiary alicyclic amines) is 1. The number of piperidine rings is 1. The summed E-state index contributed by atoms with van der Waals surface area (Å²) in [6, 6.07) is 7.93. The highest BCUT2D eigenvalue weighted by atomic mass is 35.5. The van der Waals surface area contributed by atoms with Crippen molar-refractivity contribution in [3.05, 3.63) is 35.4 Å². The molecule has 1 aromatic rings. The van der Waals surface area contributed by atoms with E-state index in [4.69, 9.17) is 0 Å². The lowest BCUT2D eigenvalue weighted by Gasteiger charge is -2.31. The standard InChI is InChI=1S/C20H31NO.ClH/c1-3-4-9-18-12-15-21(16-13-18)14-7-11-20(22)19-10-6-5-8-17(19)2;/h5-6,8,10,18H,3-4,7,9,11-16H2,1-2H3;1H. The SMILES string of the molecule is CCCCC1CCN(CCCC(=O)c2ccccc2C)CC1.Cl. The van der Waals surface area contributed by atoms with E-state index in [9.17, 15) is 4.79 Å². The zero-order chi connectivity index (χ0) is 15.8. The lowest BCUT2D eigenvalue weighted by atomic mass is 9.91. The number of carbonyl (C=O) groups is 1. The number of unbranched alkanes of at least 4 members (excludes halogenated alkanes) is 1. The summed E-state index contributed by atoms with van der Waals surface area (Å²) >= 11 is 0. The second kappa shape index (κ2) is 10.8. The van der Waals surface area contributed by atoms with Crippen molar-refractivity contribution < 1.29 is 4.79 Å². The van der Waals surface area contributed by atoms with Crippen molar-refractivity contribution in [2.24, 2.45) is 5.92 Å². The van der Waals surface area contributed by atoms with E-state index >= 15 is 0 Å². The van der Waals surface area contributed by atoms with Crippen molar-refractivity contribution in [2.75, 3.05) is 19.6 Å². The van der Waals surface area contributed by atoms with Crippen LogP contribution in [0.4, 0.5) is 0 Å². The van der Waals surface area contributed by atoms with Crippen LogP contribution in [0.1, 0.15) is 67.8 Å². The summed E-state index contributed by atoms with van der Waals surface area (Å²) in [7, 11) is 0. The second-order valence-electron chi connectivity index (χ2n) is 6.77. The average Bonchev–Trinajstić information content (AvgIpc) is 2.54. The minimum Gasteiger partial charge on any atom is -0.303 e. The largest absolute Gasteiger partial charge is 0.303 e. The van der Waals surface area contributed by atoms with Crippen LogP contribution < -0.4 is 0 Å². The molecule has 23 heavy (non-hydrogen) atoms. The van der Waals surface area contributed by atoms with Crippen molar-refractivity contribution in [1.82, 2.24) is 4.90 Å². The molecule has 0 aromatic heterocycles. The highest BCUT2D eigenvalue weighted by Crippen LogP contribution is 2.22. The zero-order valence-electron chi connectivity index (χ0n) is 14.7. The summed E-state index contributed by atoms with van der Waals surface area (Å²) in [6.07, 6.45) is 8.50. The summed E-state index contributed by atoms with van der Waals surface area (Å²) in [5.41, 5.74) is 2.00. The average molecular weight is 338 g/mol. The fraction of sp³-hybridized carbons (Fsp3) is 0.650. The number of carbonyl (C=O) groups excluding carboxylic acids is 1. The van der Waals surface area contributed by atoms with Gasteiger partial charge in [0.25, 0.3) is 0 Å². The highest BCUT2D eigenvalue weighted by Gasteiger charge is 2.18. The Hall–Kier alpha value is -0.860. The molecule has 0 aliphatic carbocycles. The Morgan fingerprint density at radius 2 is 1.87 bits per heavy atom. The predicted octanol–water partition coefficient (Wildman–Crippen LogP) is 5.28. The molecule has 1 aliphatic rings. The lowest BCUT2D eigenvalue weighted by molar-refractivity contribution is 0.0969. The molecule has 130 valence electrons. The van der Waals surface area contributed by atoms with Crippen molar-refractivity contribution >= 4 is 18.2 Å². The van der Waals surface area contributed by atoms with Gasteiger partial charge in [0.2, 0.25) is 0 Å². The molecule has 1 aliphatic heterocycles. The first-order chi connectivity index (χ1) is 10.7. The first-order valence-corrected chi connectivity index (χ1v) is 9.02. The highest BCUT2D eigenvalue weighted by molar-refractivity contribution is 5.97. The molecule has 1 heterocycles. The molecule has 1 saturated heterocycles. The molecule has 0 spiro atoms. The van der Waals surface area contributed by atoms with Gasteiger partial charge in [-0.1, -0.05) is 50.5 Å². The van der Waals surface area contributed by atoms with Gasteiger partial charge < -0.3 is 4.90 Å². The van der Waals surface area contributed by atoms with Gasteiger partial charge in [-0.05, 0) is 57.3 Å². The van der Waals surface area contributed by atoms with Crippen LogP contribution in [0.5, 0.6) is 0 Å². The Balaban J connectivity index is 0.00000264. The molecule has 1 fully saturated rings. The molecule has 2 rings (SSSR count). The number of nitrogens with zero attached hydrogens (tertiary/aromatic N) is 1. The van der Waals surface area contributed by atoms with Gasteiger partial charge in [-0.2, -0.15) is 0 Å². The number of ketones is 1. The normalized spacial score (nSPS) is 16.1. The lowest BCUT2D eigenvalue weighted by Crippen LogP contribution is -2.34. The van der Waals surface area contributed by atoms with Gasteiger partial charge in [0.15, 0.2) is 5.78 Å². The first-order valence-electron chi connectivity index (χ1n) is 9.02. The molecule has 0 amide bonds. The van der Waals surface area contributed by atoms with Crippen LogP contribution in [0.15, 0.2) is 24.3 Å². The van der Waals surface area contributed by atoms with E-state index in [0.29, 0.717) is 12.2 Å². The second-order valence-corrected chi connectivity index (χ2v) is 6.77. The molecule has 3 heteroatoms. The number of benzene rings is 1. The van der Waals surface area contributed by atoms with Crippen LogP contribution in [0.2, 0.25) is 0 Å². The van der Waals surface area contributed by atoms with Gasteiger partial charge in [0, 0.05) is 12.0 Å². The fourth-order valence-electron chi connectivity index (χ4n) is 3.48. The van der Waals surface area contributed by atoms with E-state index in [-0.39, 0.29) is 12.4 Å². The van der Waals surface area contributed by atoms with E-state index < -0.39 is 0 Å². The molecule has 0 atom stereocenters. The van der Waals surface area contributed by atoms with E-state index in [1.807, 2.05) is 31.2 Å². The fourth-order valence-corrected chi connectivity index (χ4v) is 3.48. The van der Waals surface area contributed by atoms with Crippen molar-refractivity contribution in [1.29, 1.82) is 0 Å². The van der Waals surface area contributed by atoms with E-state index in [2.05, 4.69) is 11.8 Å². The van der Waals surface area contributed by atoms with Gasteiger partial charge >= 0.3 is 0 Å². The Morgan fingerprint density at radius 3 is 2.52 bits per heavy atom. The summed E-state index contributed by atoms with van der Waals surface area (Å²) in [6.45, 7) is 7.84. The van der Waals surface area contributed by atoms with E-state index in [1.165, 1.54) is 45.2 Å². The quantitative estimate of drug-likeness (QED) is 0.601. The van der Waals surface area contributed by atoms with Gasteiger partial charge in [0.1, 0.15) is 0 Å². The Labute approximate surface area is 148 Å². The third kappa shape index (κ3) is 6.64. The number of hydrogen-bond donors (Lipinski definition) is 0.